The van der Waals surface area contributed by atoms with Crippen molar-refractivity contribution in [3.8, 4) is 0 Å². The molecule has 0 fully saturated rings. The van der Waals surface area contributed by atoms with E-state index in [0.717, 1.165) is 5.56 Å². The summed E-state index contributed by atoms with van der Waals surface area (Å²) in [5.41, 5.74) is 0.964. The van der Waals surface area contributed by atoms with Gasteiger partial charge in [-0.1, -0.05) is 44.2 Å². The summed E-state index contributed by atoms with van der Waals surface area (Å²) in [6.45, 7) is 3.69. The summed E-state index contributed by atoms with van der Waals surface area (Å²) < 4.78 is 32.0. The Bertz CT molecular complexity index is 586. The number of sulfonamides is 1. The van der Waals surface area contributed by atoms with E-state index in [0.29, 0.717) is 6.42 Å². The van der Waals surface area contributed by atoms with Crippen molar-refractivity contribution < 1.29 is 23.1 Å². The summed E-state index contributed by atoms with van der Waals surface area (Å²) in [6.07, 6.45) is 0.147. The highest BCUT2D eigenvalue weighted by Gasteiger charge is 2.27. The number of hydrogen-bond donors (Lipinski definition) is 2. The quantitative estimate of drug-likeness (QED) is 0.674. The fourth-order valence-electron chi connectivity index (χ4n) is 2.27. The van der Waals surface area contributed by atoms with Gasteiger partial charge in [-0.15, -0.1) is 0 Å². The first-order chi connectivity index (χ1) is 10.7. The molecule has 23 heavy (non-hydrogen) atoms. The van der Waals surface area contributed by atoms with Crippen LogP contribution in [0.5, 0.6) is 0 Å². The van der Waals surface area contributed by atoms with Gasteiger partial charge in [0, 0.05) is 7.11 Å². The lowest BCUT2D eigenvalue weighted by Crippen LogP contribution is -2.44. The zero-order valence-electron chi connectivity index (χ0n) is 13.7. The third-order valence-corrected chi connectivity index (χ3v) is 4.83. The van der Waals surface area contributed by atoms with Gasteiger partial charge in [0.05, 0.1) is 11.9 Å². The maximum atomic E-state index is 12.2. The Hall–Kier alpha value is -1.44. The van der Waals surface area contributed by atoms with Gasteiger partial charge in [-0.2, -0.15) is 0 Å². The molecule has 0 aromatic heterocycles. The fraction of sp³-hybridized carbons (Fsp3) is 0.562. The average molecular weight is 343 g/mol. The van der Waals surface area contributed by atoms with Crippen molar-refractivity contribution >= 4 is 16.0 Å². The molecule has 0 amide bonds. The first-order valence-electron chi connectivity index (χ1n) is 7.53. The fourth-order valence-corrected chi connectivity index (χ4v) is 3.74. The van der Waals surface area contributed by atoms with Crippen molar-refractivity contribution in [3.05, 3.63) is 35.9 Å². The predicted octanol–water partition coefficient (Wildman–Crippen LogP) is 1.66. The van der Waals surface area contributed by atoms with Gasteiger partial charge in [-0.05, 0) is 24.3 Å². The van der Waals surface area contributed by atoms with Gasteiger partial charge < -0.3 is 9.84 Å². The van der Waals surface area contributed by atoms with Gasteiger partial charge in [0.15, 0.2) is 0 Å². The van der Waals surface area contributed by atoms with E-state index in [2.05, 4.69) is 4.72 Å². The van der Waals surface area contributed by atoms with E-state index in [4.69, 9.17) is 9.84 Å². The van der Waals surface area contributed by atoms with E-state index < -0.39 is 28.1 Å². The normalized spacial score (nSPS) is 14.6. The largest absolute Gasteiger partial charge is 0.480 e. The molecule has 2 atom stereocenters. The molecule has 0 spiro atoms. The summed E-state index contributed by atoms with van der Waals surface area (Å²) in [7, 11) is -2.31. The van der Waals surface area contributed by atoms with E-state index in [1.165, 1.54) is 7.11 Å². The molecule has 0 bridgehead atoms. The molecular formula is C16H25NO5S. The number of carboxylic acid groups (broad SMARTS) is 1. The summed E-state index contributed by atoms with van der Waals surface area (Å²) in [6, 6.07) is 8.30. The van der Waals surface area contributed by atoms with Crippen LogP contribution in [0.15, 0.2) is 30.3 Å². The van der Waals surface area contributed by atoms with Gasteiger partial charge in [-0.25, -0.2) is 13.1 Å². The molecule has 1 aromatic rings. The molecule has 0 aliphatic carbocycles. The topological polar surface area (TPSA) is 92.7 Å². The molecule has 7 heteroatoms. The Morgan fingerprint density at radius 1 is 1.26 bits per heavy atom. The monoisotopic (exact) mass is 343 g/mol. The predicted molar refractivity (Wildman–Crippen MR) is 88.7 cm³/mol. The molecule has 1 rings (SSSR count). The molecule has 0 saturated carbocycles. The highest BCUT2D eigenvalue weighted by atomic mass is 32.2. The highest BCUT2D eigenvalue weighted by Crippen LogP contribution is 2.10. The Morgan fingerprint density at radius 3 is 2.35 bits per heavy atom. The maximum Gasteiger partial charge on any atom is 0.321 e. The highest BCUT2D eigenvalue weighted by molar-refractivity contribution is 7.89. The molecule has 6 nitrogen and oxygen atoms in total. The summed E-state index contributed by atoms with van der Waals surface area (Å²) in [4.78, 5) is 11.2. The second kappa shape index (κ2) is 9.00. The second-order valence-corrected chi connectivity index (χ2v) is 7.77. The van der Waals surface area contributed by atoms with Crippen molar-refractivity contribution in [1.82, 2.24) is 4.72 Å². The minimum Gasteiger partial charge on any atom is -0.480 e. The van der Waals surface area contributed by atoms with Crippen molar-refractivity contribution in [2.45, 2.75) is 38.8 Å². The zero-order valence-corrected chi connectivity index (χ0v) is 14.5. The second-order valence-electron chi connectivity index (χ2n) is 5.97. The van der Waals surface area contributed by atoms with E-state index in [1.807, 2.05) is 44.2 Å². The summed E-state index contributed by atoms with van der Waals surface area (Å²) in [5.74, 6) is -1.37. The van der Waals surface area contributed by atoms with E-state index in [-0.39, 0.29) is 18.1 Å². The van der Waals surface area contributed by atoms with Crippen LogP contribution in [0.4, 0.5) is 0 Å². The van der Waals surface area contributed by atoms with Crippen LogP contribution in [0.3, 0.4) is 0 Å². The standard InChI is InChI=1S/C16H25NO5S/c1-12(2)9-15(16(18)19)17-23(20,21)11-14(22-3)10-13-7-5-4-6-8-13/h4-8,12,14-15,17H,9-11H2,1-3H3,(H,18,19)/t14?,15-/m0/s1. The van der Waals surface area contributed by atoms with Crippen LogP contribution in [0.1, 0.15) is 25.8 Å². The Labute approximate surface area is 137 Å². The number of methoxy groups -OCH3 is 1. The molecule has 2 N–H and O–H groups in total. The molecule has 0 aliphatic heterocycles. The van der Waals surface area contributed by atoms with Crippen LogP contribution in [-0.2, 0) is 26.0 Å². The number of carboxylic acids is 1. The number of ether oxygens (including phenoxy) is 1. The van der Waals surface area contributed by atoms with Crippen molar-refractivity contribution in [3.63, 3.8) is 0 Å². The molecular weight excluding hydrogens is 318 g/mol. The Balaban J connectivity index is 2.72. The van der Waals surface area contributed by atoms with E-state index in [9.17, 15) is 13.2 Å². The maximum absolute atomic E-state index is 12.2. The molecule has 1 aromatic carbocycles. The van der Waals surface area contributed by atoms with Crippen LogP contribution in [0, 0.1) is 5.92 Å². The number of rotatable bonds is 10. The Morgan fingerprint density at radius 2 is 1.87 bits per heavy atom. The SMILES string of the molecule is COC(Cc1ccccc1)CS(=O)(=O)N[C@@H](CC(C)C)C(=O)O. The lowest BCUT2D eigenvalue weighted by molar-refractivity contribution is -0.139. The molecule has 0 saturated heterocycles. The van der Waals surface area contributed by atoms with Crippen LogP contribution in [0.2, 0.25) is 0 Å². The lowest BCUT2D eigenvalue weighted by Gasteiger charge is -2.20. The number of aliphatic carboxylic acids is 1. The van der Waals surface area contributed by atoms with Crippen LogP contribution in [0.25, 0.3) is 0 Å². The average Bonchev–Trinajstić information content (AvgIpc) is 2.45. The zero-order chi connectivity index (χ0) is 17.5. The molecule has 0 radical (unpaired) electrons. The number of hydrogen-bond acceptors (Lipinski definition) is 4. The minimum atomic E-state index is -3.76. The van der Waals surface area contributed by atoms with Crippen molar-refractivity contribution in [2.75, 3.05) is 12.9 Å². The summed E-state index contributed by atoms with van der Waals surface area (Å²) in [5, 5.41) is 9.15. The molecule has 0 heterocycles. The molecule has 1 unspecified atom stereocenters. The van der Waals surface area contributed by atoms with Crippen LogP contribution in [-0.4, -0.2) is 44.5 Å². The first-order valence-corrected chi connectivity index (χ1v) is 9.18. The number of carbonyl (C=O) groups is 1. The third kappa shape index (κ3) is 7.58. The van der Waals surface area contributed by atoms with Crippen LogP contribution < -0.4 is 4.72 Å². The van der Waals surface area contributed by atoms with Gasteiger partial charge >= 0.3 is 5.97 Å². The molecule has 0 aliphatic rings. The summed E-state index contributed by atoms with van der Waals surface area (Å²) >= 11 is 0. The molecule has 130 valence electrons. The number of benzene rings is 1. The first kappa shape index (κ1) is 19.6. The van der Waals surface area contributed by atoms with Gasteiger partial charge in [0.1, 0.15) is 6.04 Å². The third-order valence-electron chi connectivity index (χ3n) is 3.37. The van der Waals surface area contributed by atoms with Crippen molar-refractivity contribution in [1.29, 1.82) is 0 Å². The lowest BCUT2D eigenvalue weighted by atomic mass is 10.1. The van der Waals surface area contributed by atoms with Gasteiger partial charge in [-0.3, -0.25) is 4.79 Å². The van der Waals surface area contributed by atoms with Crippen molar-refractivity contribution in [2.24, 2.45) is 5.92 Å². The van der Waals surface area contributed by atoms with Gasteiger partial charge in [0.2, 0.25) is 10.0 Å². The smallest absolute Gasteiger partial charge is 0.321 e. The minimum absolute atomic E-state index is 0.0707. The number of nitrogens with one attached hydrogen (secondary N) is 1. The van der Waals surface area contributed by atoms with E-state index >= 15 is 0 Å². The van der Waals surface area contributed by atoms with Crippen LogP contribution >= 0.6 is 0 Å². The van der Waals surface area contributed by atoms with Gasteiger partial charge in [0.25, 0.3) is 0 Å². The van der Waals surface area contributed by atoms with E-state index in [1.54, 1.807) is 0 Å². The Kier molecular flexibility index (Phi) is 7.67.